The zero-order chi connectivity index (χ0) is 16.0. The quantitative estimate of drug-likeness (QED) is 0.363. The second-order valence-corrected chi connectivity index (χ2v) is 7.10. The van der Waals surface area contributed by atoms with Gasteiger partial charge in [-0.15, -0.1) is 0 Å². The van der Waals surface area contributed by atoms with Crippen LogP contribution in [0.1, 0.15) is 0 Å². The van der Waals surface area contributed by atoms with Gasteiger partial charge in [0.25, 0.3) is 0 Å². The van der Waals surface area contributed by atoms with Gasteiger partial charge in [-0.1, -0.05) is 40.2 Å². The fourth-order valence-corrected chi connectivity index (χ4v) is 3.88. The smallest absolute Gasteiger partial charge is 0.120 e. The van der Waals surface area contributed by atoms with Crippen molar-refractivity contribution in [2.24, 2.45) is 0 Å². The Kier molecular flexibility index (Phi) is 3.66. The van der Waals surface area contributed by atoms with Crippen LogP contribution in [0, 0.1) is 0 Å². The molecule has 0 atom stereocenters. The maximum Gasteiger partial charge on any atom is 0.120 e. The minimum Gasteiger partial charge on any atom is -0.497 e. The Labute approximate surface area is 150 Å². The van der Waals surface area contributed by atoms with Gasteiger partial charge in [-0.05, 0) is 52.3 Å². The summed E-state index contributed by atoms with van der Waals surface area (Å²) in [6.45, 7) is 0. The number of rotatable bonds is 2. The van der Waals surface area contributed by atoms with Crippen LogP contribution in [-0.2, 0) is 0 Å². The summed E-state index contributed by atoms with van der Waals surface area (Å²) in [5, 5.41) is 2.49. The van der Waals surface area contributed by atoms with Crippen LogP contribution in [0.15, 0.2) is 69.6 Å². The van der Waals surface area contributed by atoms with Crippen molar-refractivity contribution < 1.29 is 4.74 Å². The summed E-state index contributed by atoms with van der Waals surface area (Å²) in [5.74, 6) is 0.836. The van der Waals surface area contributed by atoms with Crippen LogP contribution in [0.25, 0.3) is 27.5 Å². The van der Waals surface area contributed by atoms with E-state index in [-0.39, 0.29) is 0 Å². The lowest BCUT2D eigenvalue weighted by atomic mass is 10.2. The molecule has 0 amide bonds. The summed E-state index contributed by atoms with van der Waals surface area (Å²) in [4.78, 5) is 0. The number of methoxy groups -OCH3 is 1. The summed E-state index contributed by atoms with van der Waals surface area (Å²) >= 11 is 7.28. The van der Waals surface area contributed by atoms with E-state index in [0.717, 1.165) is 20.4 Å². The highest BCUT2D eigenvalue weighted by atomic mass is 79.9. The summed E-state index contributed by atoms with van der Waals surface area (Å²) in [7, 11) is 1.68. The second kappa shape index (κ2) is 5.69. The molecule has 0 N–H and O–H groups in total. The number of hydrogen-bond acceptors (Lipinski definition) is 1. The summed E-state index contributed by atoms with van der Waals surface area (Å²) in [6, 6.07) is 20.9. The van der Waals surface area contributed by atoms with Crippen molar-refractivity contribution in [2.75, 3.05) is 7.11 Å². The van der Waals surface area contributed by atoms with Crippen LogP contribution >= 0.6 is 31.9 Å². The standard InChI is InChI=1S/C19H13Br2NO/c1-23-13-7-9-18(16(21)11-13)22-17-5-3-2-4-14(17)15-8-6-12(20)10-19(15)22/h2-11H,1H3. The molecular formula is C19H13Br2NO. The topological polar surface area (TPSA) is 14.2 Å². The van der Waals surface area contributed by atoms with E-state index in [9.17, 15) is 0 Å². The van der Waals surface area contributed by atoms with E-state index in [1.165, 1.54) is 21.8 Å². The van der Waals surface area contributed by atoms with Gasteiger partial charge in [0.05, 0.1) is 23.8 Å². The zero-order valence-electron chi connectivity index (χ0n) is 12.4. The lowest BCUT2D eigenvalue weighted by Gasteiger charge is -2.11. The molecule has 3 aromatic carbocycles. The van der Waals surface area contributed by atoms with E-state index in [1.807, 2.05) is 12.1 Å². The van der Waals surface area contributed by atoms with Gasteiger partial charge in [0.1, 0.15) is 5.75 Å². The van der Waals surface area contributed by atoms with E-state index in [0.29, 0.717) is 0 Å². The third kappa shape index (κ3) is 2.37. The highest BCUT2D eigenvalue weighted by Crippen LogP contribution is 2.36. The van der Waals surface area contributed by atoms with Crippen molar-refractivity contribution >= 4 is 53.7 Å². The number of nitrogens with zero attached hydrogens (tertiary/aromatic N) is 1. The largest absolute Gasteiger partial charge is 0.497 e. The van der Waals surface area contributed by atoms with Gasteiger partial charge in [0.15, 0.2) is 0 Å². The molecule has 0 fully saturated rings. The highest BCUT2D eigenvalue weighted by Gasteiger charge is 2.14. The molecule has 4 rings (SSSR count). The van der Waals surface area contributed by atoms with E-state index in [1.54, 1.807) is 7.11 Å². The Hall–Kier alpha value is -1.78. The summed E-state index contributed by atoms with van der Waals surface area (Å²) < 4.78 is 9.66. The SMILES string of the molecule is COc1ccc(-n2c3ccccc3c3ccc(Br)cc32)c(Br)c1. The predicted octanol–water partition coefficient (Wildman–Crippen LogP) is 6.32. The van der Waals surface area contributed by atoms with Gasteiger partial charge in [-0.2, -0.15) is 0 Å². The maximum absolute atomic E-state index is 5.31. The van der Waals surface area contributed by atoms with Crippen LogP contribution in [0.3, 0.4) is 0 Å². The molecule has 0 aliphatic heterocycles. The Balaban J connectivity index is 2.14. The molecule has 0 saturated heterocycles. The van der Waals surface area contributed by atoms with Crippen molar-refractivity contribution in [3.8, 4) is 11.4 Å². The Morgan fingerprint density at radius 1 is 0.826 bits per heavy atom. The molecule has 0 unspecified atom stereocenters. The van der Waals surface area contributed by atoms with Gasteiger partial charge in [0.2, 0.25) is 0 Å². The molecule has 0 saturated carbocycles. The minimum atomic E-state index is 0.836. The molecule has 2 nitrogen and oxygen atoms in total. The first kappa shape index (κ1) is 14.8. The molecule has 0 aliphatic rings. The fraction of sp³-hybridized carbons (Fsp3) is 0.0526. The molecule has 114 valence electrons. The van der Waals surface area contributed by atoms with Crippen molar-refractivity contribution in [1.82, 2.24) is 4.57 Å². The summed E-state index contributed by atoms with van der Waals surface area (Å²) in [6.07, 6.45) is 0. The molecule has 1 aromatic heterocycles. The van der Waals surface area contributed by atoms with Crippen LogP contribution < -0.4 is 4.74 Å². The first-order valence-corrected chi connectivity index (χ1v) is 8.80. The third-order valence-electron chi connectivity index (χ3n) is 4.03. The number of fused-ring (bicyclic) bond motifs is 3. The lowest BCUT2D eigenvalue weighted by Crippen LogP contribution is -1.95. The first-order valence-electron chi connectivity index (χ1n) is 7.21. The van der Waals surface area contributed by atoms with Gasteiger partial charge < -0.3 is 9.30 Å². The second-order valence-electron chi connectivity index (χ2n) is 5.33. The molecule has 4 heteroatoms. The molecule has 4 aromatic rings. The van der Waals surface area contributed by atoms with Crippen LogP contribution in [0.2, 0.25) is 0 Å². The molecule has 0 radical (unpaired) electrons. The van der Waals surface area contributed by atoms with E-state index in [4.69, 9.17) is 4.74 Å². The Morgan fingerprint density at radius 2 is 1.61 bits per heavy atom. The van der Waals surface area contributed by atoms with E-state index < -0.39 is 0 Å². The van der Waals surface area contributed by atoms with Gasteiger partial charge in [-0.3, -0.25) is 0 Å². The summed E-state index contributed by atoms with van der Waals surface area (Å²) in [5.41, 5.74) is 3.45. The first-order chi connectivity index (χ1) is 11.2. The molecule has 23 heavy (non-hydrogen) atoms. The monoisotopic (exact) mass is 429 g/mol. The van der Waals surface area contributed by atoms with Crippen molar-refractivity contribution in [2.45, 2.75) is 0 Å². The highest BCUT2D eigenvalue weighted by molar-refractivity contribution is 9.10. The van der Waals surface area contributed by atoms with Crippen molar-refractivity contribution in [3.63, 3.8) is 0 Å². The number of halogens is 2. The van der Waals surface area contributed by atoms with E-state index >= 15 is 0 Å². The molecule has 0 aliphatic carbocycles. The van der Waals surface area contributed by atoms with Gasteiger partial charge in [0, 0.05) is 19.7 Å². The fourth-order valence-electron chi connectivity index (χ4n) is 3.00. The number of benzene rings is 3. The molecule has 0 spiro atoms. The van der Waals surface area contributed by atoms with E-state index in [2.05, 4.69) is 85.0 Å². The van der Waals surface area contributed by atoms with Crippen LogP contribution in [0.5, 0.6) is 5.75 Å². The predicted molar refractivity (Wildman–Crippen MR) is 103 cm³/mol. The average molecular weight is 431 g/mol. The molecular weight excluding hydrogens is 418 g/mol. The Morgan fingerprint density at radius 3 is 2.39 bits per heavy atom. The minimum absolute atomic E-state index is 0.836. The number of ether oxygens (including phenoxy) is 1. The van der Waals surface area contributed by atoms with Crippen molar-refractivity contribution in [1.29, 1.82) is 0 Å². The van der Waals surface area contributed by atoms with Crippen LogP contribution in [0.4, 0.5) is 0 Å². The number of aromatic nitrogens is 1. The maximum atomic E-state index is 5.31. The normalized spacial score (nSPS) is 11.3. The third-order valence-corrected chi connectivity index (χ3v) is 5.16. The lowest BCUT2D eigenvalue weighted by molar-refractivity contribution is 0.414. The molecule has 0 bridgehead atoms. The number of hydrogen-bond donors (Lipinski definition) is 0. The van der Waals surface area contributed by atoms with Crippen LogP contribution in [-0.4, -0.2) is 11.7 Å². The zero-order valence-corrected chi connectivity index (χ0v) is 15.6. The van der Waals surface area contributed by atoms with Gasteiger partial charge >= 0.3 is 0 Å². The van der Waals surface area contributed by atoms with Gasteiger partial charge in [-0.25, -0.2) is 0 Å². The number of para-hydroxylation sites is 1. The molecule has 1 heterocycles. The van der Waals surface area contributed by atoms with Crippen molar-refractivity contribution in [3.05, 3.63) is 69.6 Å². The Bertz CT molecular complexity index is 1040. The average Bonchev–Trinajstić information content (AvgIpc) is 2.88.